The summed E-state index contributed by atoms with van der Waals surface area (Å²) in [5.74, 6) is 1.33. The Morgan fingerprint density at radius 2 is 1.96 bits per heavy atom. The molecule has 146 valence electrons. The van der Waals surface area contributed by atoms with Gasteiger partial charge in [0.05, 0.1) is 0 Å². The minimum absolute atomic E-state index is 0.150. The highest BCUT2D eigenvalue weighted by Crippen LogP contribution is 2.31. The zero-order valence-electron chi connectivity index (χ0n) is 16.3. The number of benzene rings is 1. The molecule has 1 aromatic carbocycles. The van der Waals surface area contributed by atoms with Crippen molar-refractivity contribution in [3.8, 4) is 0 Å². The van der Waals surface area contributed by atoms with Gasteiger partial charge >= 0.3 is 0 Å². The molecule has 2 aliphatic heterocycles. The number of nitrogens with zero attached hydrogens (tertiary/aromatic N) is 5. The summed E-state index contributed by atoms with van der Waals surface area (Å²) in [6, 6.07) is 7.57. The van der Waals surface area contributed by atoms with Gasteiger partial charge in [0.15, 0.2) is 0 Å². The first-order chi connectivity index (χ1) is 13.7. The second kappa shape index (κ2) is 7.17. The molecule has 0 bridgehead atoms. The van der Waals surface area contributed by atoms with E-state index >= 15 is 0 Å². The molecule has 2 saturated heterocycles. The number of aryl methyl sites for hydroxylation is 1. The number of halogens is 1. The lowest BCUT2D eigenvalue weighted by Gasteiger charge is -2.46. The summed E-state index contributed by atoms with van der Waals surface area (Å²) in [6.45, 7) is 4.17. The molecule has 0 saturated carbocycles. The van der Waals surface area contributed by atoms with Gasteiger partial charge in [-0.05, 0) is 55.0 Å². The topological polar surface area (TPSA) is 37.2 Å². The lowest BCUT2D eigenvalue weighted by atomic mass is 9.87. The summed E-state index contributed by atoms with van der Waals surface area (Å²) >= 11 is 0. The van der Waals surface area contributed by atoms with Crippen LogP contribution in [0.3, 0.4) is 0 Å². The van der Waals surface area contributed by atoms with Crippen molar-refractivity contribution in [2.45, 2.75) is 25.3 Å². The van der Waals surface area contributed by atoms with Crippen LogP contribution in [0.2, 0.25) is 0 Å². The van der Waals surface area contributed by atoms with Crippen LogP contribution >= 0.6 is 0 Å². The molecule has 0 spiro atoms. The summed E-state index contributed by atoms with van der Waals surface area (Å²) in [5, 5.41) is 1.07. The third kappa shape index (κ3) is 3.26. The van der Waals surface area contributed by atoms with Crippen LogP contribution in [-0.4, -0.2) is 51.7 Å². The molecule has 2 aromatic heterocycles. The molecule has 0 radical (unpaired) electrons. The number of aromatic nitrogens is 3. The Hall–Kier alpha value is -2.47. The number of piperazine rings is 1. The third-order valence-corrected chi connectivity index (χ3v) is 6.38. The Morgan fingerprint density at radius 3 is 2.82 bits per heavy atom. The molecule has 5 nitrogen and oxygen atoms in total. The van der Waals surface area contributed by atoms with Gasteiger partial charge in [0.1, 0.15) is 5.82 Å². The van der Waals surface area contributed by atoms with Crippen molar-refractivity contribution in [3.63, 3.8) is 0 Å². The van der Waals surface area contributed by atoms with Crippen molar-refractivity contribution in [2.24, 2.45) is 13.0 Å². The minimum Gasteiger partial charge on any atom is -0.350 e. The van der Waals surface area contributed by atoms with Crippen LogP contribution in [0.15, 0.2) is 42.9 Å². The Bertz CT molecular complexity index is 970. The number of fused-ring (bicyclic) bond motifs is 2. The van der Waals surface area contributed by atoms with Crippen LogP contribution < -0.4 is 4.90 Å². The van der Waals surface area contributed by atoms with Crippen LogP contribution in [0, 0.1) is 11.7 Å². The number of hydrogen-bond acceptors (Lipinski definition) is 4. The number of hydrogen-bond donors (Lipinski definition) is 0. The largest absolute Gasteiger partial charge is 0.350 e. The Balaban J connectivity index is 1.27. The first-order valence-electron chi connectivity index (χ1n) is 10.2. The molecule has 28 heavy (non-hydrogen) atoms. The molecule has 0 N–H and O–H groups in total. The van der Waals surface area contributed by atoms with E-state index < -0.39 is 0 Å². The average Bonchev–Trinajstić information content (AvgIpc) is 3.03. The highest BCUT2D eigenvalue weighted by molar-refractivity contribution is 5.84. The molecule has 0 amide bonds. The quantitative estimate of drug-likeness (QED) is 0.700. The van der Waals surface area contributed by atoms with Gasteiger partial charge in [-0.1, -0.05) is 0 Å². The standard InChI is InChI=1S/C22H26FN5/c1-26-14-17(20-12-18(23)4-6-21(20)26)11-16-3-5-19-15-28(10-9-27(19)13-16)22-24-7-2-8-25-22/h2,4,6-8,12,14,16,19H,3,5,9-11,13,15H2,1H3. The molecular weight excluding hydrogens is 353 g/mol. The summed E-state index contributed by atoms with van der Waals surface area (Å²) < 4.78 is 15.9. The zero-order valence-corrected chi connectivity index (χ0v) is 16.3. The number of piperidine rings is 1. The molecule has 2 aliphatic rings. The van der Waals surface area contributed by atoms with Crippen molar-refractivity contribution in [3.05, 3.63) is 54.2 Å². The van der Waals surface area contributed by atoms with Crippen LogP contribution in [0.4, 0.5) is 10.3 Å². The van der Waals surface area contributed by atoms with Gasteiger partial charge in [-0.15, -0.1) is 0 Å². The lowest BCUT2D eigenvalue weighted by molar-refractivity contribution is 0.0952. The molecule has 2 fully saturated rings. The van der Waals surface area contributed by atoms with E-state index in [4.69, 9.17) is 0 Å². The Morgan fingerprint density at radius 1 is 1.11 bits per heavy atom. The van der Waals surface area contributed by atoms with E-state index in [0.717, 1.165) is 49.5 Å². The number of anilines is 1. The second-order valence-corrected chi connectivity index (χ2v) is 8.22. The van der Waals surface area contributed by atoms with Crippen LogP contribution in [0.5, 0.6) is 0 Å². The first-order valence-corrected chi connectivity index (χ1v) is 10.2. The molecule has 2 atom stereocenters. The van der Waals surface area contributed by atoms with Gasteiger partial charge in [0.2, 0.25) is 5.95 Å². The van der Waals surface area contributed by atoms with Crippen molar-refractivity contribution in [1.29, 1.82) is 0 Å². The van der Waals surface area contributed by atoms with Crippen LogP contribution in [-0.2, 0) is 13.5 Å². The molecule has 6 heteroatoms. The van der Waals surface area contributed by atoms with E-state index in [-0.39, 0.29) is 5.82 Å². The zero-order chi connectivity index (χ0) is 19.1. The fraction of sp³-hybridized carbons (Fsp3) is 0.455. The normalized spacial score (nSPS) is 23.1. The highest BCUT2D eigenvalue weighted by Gasteiger charge is 2.33. The Kier molecular flexibility index (Phi) is 4.51. The lowest BCUT2D eigenvalue weighted by Crippen LogP contribution is -2.57. The van der Waals surface area contributed by atoms with E-state index in [0.29, 0.717) is 12.0 Å². The molecule has 2 unspecified atom stereocenters. The fourth-order valence-electron chi connectivity index (χ4n) is 4.98. The van der Waals surface area contributed by atoms with Crippen molar-refractivity contribution in [2.75, 3.05) is 31.1 Å². The van der Waals surface area contributed by atoms with E-state index in [1.165, 1.54) is 18.4 Å². The van der Waals surface area contributed by atoms with E-state index in [1.807, 2.05) is 31.6 Å². The van der Waals surface area contributed by atoms with E-state index in [1.54, 1.807) is 12.1 Å². The van der Waals surface area contributed by atoms with Gasteiger partial charge in [-0.3, -0.25) is 4.90 Å². The maximum atomic E-state index is 13.8. The van der Waals surface area contributed by atoms with E-state index in [2.05, 4.69) is 30.5 Å². The van der Waals surface area contributed by atoms with Crippen molar-refractivity contribution in [1.82, 2.24) is 19.4 Å². The average molecular weight is 379 g/mol. The monoisotopic (exact) mass is 379 g/mol. The predicted octanol–water partition coefficient (Wildman–Crippen LogP) is 3.25. The molecule has 4 heterocycles. The summed E-state index contributed by atoms with van der Waals surface area (Å²) in [6.07, 6.45) is 9.26. The minimum atomic E-state index is -0.150. The SMILES string of the molecule is Cn1cc(CC2CCC3CN(c4ncccn4)CCN3C2)c2cc(F)ccc21. The molecular formula is C22H26FN5. The molecule has 5 rings (SSSR count). The summed E-state index contributed by atoms with van der Waals surface area (Å²) in [4.78, 5) is 13.8. The molecule has 0 aliphatic carbocycles. The van der Waals surface area contributed by atoms with Gasteiger partial charge < -0.3 is 9.47 Å². The van der Waals surface area contributed by atoms with Gasteiger partial charge in [0, 0.05) is 68.8 Å². The van der Waals surface area contributed by atoms with Gasteiger partial charge in [-0.2, -0.15) is 0 Å². The van der Waals surface area contributed by atoms with Crippen molar-refractivity contribution < 1.29 is 4.39 Å². The van der Waals surface area contributed by atoms with Crippen molar-refractivity contribution >= 4 is 16.9 Å². The predicted molar refractivity (Wildman–Crippen MR) is 109 cm³/mol. The van der Waals surface area contributed by atoms with Gasteiger partial charge in [0.25, 0.3) is 0 Å². The summed E-state index contributed by atoms with van der Waals surface area (Å²) in [5.41, 5.74) is 2.39. The second-order valence-electron chi connectivity index (χ2n) is 8.22. The third-order valence-electron chi connectivity index (χ3n) is 6.38. The highest BCUT2D eigenvalue weighted by atomic mass is 19.1. The molecule has 3 aromatic rings. The van der Waals surface area contributed by atoms with Gasteiger partial charge in [-0.25, -0.2) is 14.4 Å². The summed E-state index contributed by atoms with van der Waals surface area (Å²) in [7, 11) is 2.05. The fourth-order valence-corrected chi connectivity index (χ4v) is 4.98. The first kappa shape index (κ1) is 17.6. The van der Waals surface area contributed by atoms with E-state index in [9.17, 15) is 4.39 Å². The van der Waals surface area contributed by atoms with Crippen LogP contribution in [0.25, 0.3) is 10.9 Å². The number of rotatable bonds is 3. The smallest absolute Gasteiger partial charge is 0.225 e. The Labute approximate surface area is 164 Å². The maximum absolute atomic E-state index is 13.8. The maximum Gasteiger partial charge on any atom is 0.225 e. The van der Waals surface area contributed by atoms with Crippen LogP contribution in [0.1, 0.15) is 18.4 Å².